The minimum atomic E-state index is 0.0906. The van der Waals surface area contributed by atoms with E-state index >= 15 is 0 Å². The van der Waals surface area contributed by atoms with Gasteiger partial charge in [0.15, 0.2) is 0 Å². The van der Waals surface area contributed by atoms with Crippen molar-refractivity contribution in [3.63, 3.8) is 0 Å². The van der Waals surface area contributed by atoms with Crippen molar-refractivity contribution in [1.82, 2.24) is 0 Å². The smallest absolute Gasteiger partial charge is 0.141 e. The van der Waals surface area contributed by atoms with Crippen molar-refractivity contribution in [3.8, 4) is 5.75 Å². The van der Waals surface area contributed by atoms with Crippen LogP contribution >= 0.6 is 23.2 Å². The fourth-order valence-electron chi connectivity index (χ4n) is 2.03. The van der Waals surface area contributed by atoms with E-state index in [0.29, 0.717) is 22.2 Å². The summed E-state index contributed by atoms with van der Waals surface area (Å²) in [6, 6.07) is 12.6. The second-order valence-electron chi connectivity index (χ2n) is 4.48. The highest BCUT2D eigenvalue weighted by Crippen LogP contribution is 2.23. The Kier molecular flexibility index (Phi) is 5.05. The van der Waals surface area contributed by atoms with Crippen molar-refractivity contribution in [3.05, 3.63) is 63.6 Å². The molecule has 20 heavy (non-hydrogen) atoms. The van der Waals surface area contributed by atoms with Crippen LogP contribution in [0, 0.1) is 0 Å². The van der Waals surface area contributed by atoms with Crippen molar-refractivity contribution in [2.75, 3.05) is 7.11 Å². The van der Waals surface area contributed by atoms with Crippen LogP contribution in [0.2, 0.25) is 10.0 Å². The van der Waals surface area contributed by atoms with E-state index in [2.05, 4.69) is 0 Å². The van der Waals surface area contributed by atoms with E-state index in [-0.39, 0.29) is 12.2 Å². The highest BCUT2D eigenvalue weighted by Gasteiger charge is 2.10. The third-order valence-corrected chi connectivity index (χ3v) is 3.39. The van der Waals surface area contributed by atoms with Crippen LogP contribution in [0.1, 0.15) is 11.1 Å². The Morgan fingerprint density at radius 3 is 2.50 bits per heavy atom. The van der Waals surface area contributed by atoms with Crippen molar-refractivity contribution in [2.24, 2.45) is 0 Å². The quantitative estimate of drug-likeness (QED) is 0.820. The van der Waals surface area contributed by atoms with Gasteiger partial charge in [0.1, 0.15) is 11.5 Å². The third kappa shape index (κ3) is 3.99. The molecule has 2 nitrogen and oxygen atoms in total. The van der Waals surface area contributed by atoms with E-state index in [9.17, 15) is 4.79 Å². The van der Waals surface area contributed by atoms with E-state index in [0.717, 1.165) is 11.1 Å². The van der Waals surface area contributed by atoms with Gasteiger partial charge in [0.05, 0.1) is 7.11 Å². The molecular weight excluding hydrogens is 295 g/mol. The summed E-state index contributed by atoms with van der Waals surface area (Å²) >= 11 is 11.9. The number of carbonyl (C=O) groups excluding carboxylic acids is 1. The molecule has 2 rings (SSSR count). The number of Topliss-reactive ketones (excluding diaryl/α,β-unsaturated/α-hetero) is 1. The number of benzene rings is 2. The first-order chi connectivity index (χ1) is 9.58. The fraction of sp³-hybridized carbons (Fsp3) is 0.188. The summed E-state index contributed by atoms with van der Waals surface area (Å²) in [7, 11) is 1.58. The molecule has 0 radical (unpaired) electrons. The Morgan fingerprint density at radius 1 is 1.05 bits per heavy atom. The number of hydrogen-bond donors (Lipinski definition) is 0. The van der Waals surface area contributed by atoms with Gasteiger partial charge in [0.25, 0.3) is 0 Å². The molecule has 0 saturated heterocycles. The molecule has 2 aromatic rings. The molecular formula is C16H14Cl2O2. The number of rotatable bonds is 5. The number of halogens is 2. The summed E-state index contributed by atoms with van der Waals surface area (Å²) in [4.78, 5) is 12.1. The van der Waals surface area contributed by atoms with Crippen LogP contribution in [0.3, 0.4) is 0 Å². The number of ketones is 1. The van der Waals surface area contributed by atoms with Gasteiger partial charge in [-0.25, -0.2) is 0 Å². The van der Waals surface area contributed by atoms with Crippen molar-refractivity contribution >= 4 is 29.0 Å². The first kappa shape index (κ1) is 14.9. The largest absolute Gasteiger partial charge is 0.496 e. The van der Waals surface area contributed by atoms with Gasteiger partial charge in [0.2, 0.25) is 0 Å². The predicted molar refractivity (Wildman–Crippen MR) is 81.9 cm³/mol. The van der Waals surface area contributed by atoms with Crippen LogP contribution in [0.25, 0.3) is 0 Å². The molecule has 0 N–H and O–H groups in total. The number of hydrogen-bond acceptors (Lipinski definition) is 2. The second-order valence-corrected chi connectivity index (χ2v) is 5.35. The van der Waals surface area contributed by atoms with Crippen molar-refractivity contribution in [2.45, 2.75) is 12.8 Å². The Labute approximate surface area is 128 Å². The van der Waals surface area contributed by atoms with Crippen LogP contribution < -0.4 is 4.74 Å². The van der Waals surface area contributed by atoms with Gasteiger partial charge in [-0.05, 0) is 35.9 Å². The summed E-state index contributed by atoms with van der Waals surface area (Å²) in [6.07, 6.45) is 0.631. The van der Waals surface area contributed by atoms with Gasteiger partial charge in [0, 0.05) is 28.5 Å². The number of ether oxygens (including phenoxy) is 1. The van der Waals surface area contributed by atoms with Gasteiger partial charge in [-0.15, -0.1) is 0 Å². The van der Waals surface area contributed by atoms with E-state index in [1.807, 2.05) is 12.1 Å². The highest BCUT2D eigenvalue weighted by atomic mass is 35.5. The Morgan fingerprint density at radius 2 is 1.80 bits per heavy atom. The first-order valence-electron chi connectivity index (χ1n) is 6.17. The Bertz CT molecular complexity index is 624. The summed E-state index contributed by atoms with van der Waals surface area (Å²) in [5, 5.41) is 1.23. The van der Waals surface area contributed by atoms with E-state index in [4.69, 9.17) is 27.9 Å². The molecule has 0 aliphatic heterocycles. The minimum absolute atomic E-state index is 0.0906. The topological polar surface area (TPSA) is 26.3 Å². The molecule has 0 saturated carbocycles. The zero-order chi connectivity index (χ0) is 14.5. The van der Waals surface area contributed by atoms with Gasteiger partial charge in [-0.2, -0.15) is 0 Å². The first-order valence-corrected chi connectivity index (χ1v) is 6.92. The average Bonchev–Trinajstić information content (AvgIpc) is 2.38. The lowest BCUT2D eigenvalue weighted by Gasteiger charge is -2.08. The van der Waals surface area contributed by atoms with Gasteiger partial charge in [-0.1, -0.05) is 35.3 Å². The van der Waals surface area contributed by atoms with Crippen LogP contribution in [-0.2, 0) is 17.6 Å². The SMILES string of the molecule is COc1ccc(Cl)cc1CC(=O)Cc1cccc(Cl)c1. The number of carbonyl (C=O) groups is 1. The molecule has 0 amide bonds. The van der Waals surface area contributed by atoms with Crippen LogP contribution in [-0.4, -0.2) is 12.9 Å². The fourth-order valence-corrected chi connectivity index (χ4v) is 2.44. The maximum Gasteiger partial charge on any atom is 0.141 e. The molecule has 0 aromatic heterocycles. The maximum atomic E-state index is 12.1. The molecule has 0 fully saturated rings. The highest BCUT2D eigenvalue weighted by molar-refractivity contribution is 6.31. The van der Waals surface area contributed by atoms with E-state index < -0.39 is 0 Å². The maximum absolute atomic E-state index is 12.1. The van der Waals surface area contributed by atoms with Crippen LogP contribution in [0.15, 0.2) is 42.5 Å². The monoisotopic (exact) mass is 308 g/mol. The Hall–Kier alpha value is -1.51. The summed E-state index contributed by atoms with van der Waals surface area (Å²) in [6.45, 7) is 0. The lowest BCUT2D eigenvalue weighted by atomic mass is 10.0. The molecule has 0 heterocycles. The molecule has 0 unspecified atom stereocenters. The molecule has 0 bridgehead atoms. The molecule has 0 aliphatic carbocycles. The summed E-state index contributed by atoms with van der Waals surface area (Å²) in [5.41, 5.74) is 1.70. The minimum Gasteiger partial charge on any atom is -0.496 e. The molecule has 104 valence electrons. The van der Waals surface area contributed by atoms with Gasteiger partial charge >= 0.3 is 0 Å². The summed E-state index contributed by atoms with van der Waals surface area (Å²) < 4.78 is 5.24. The Balaban J connectivity index is 2.10. The predicted octanol–water partition coefficient (Wildman–Crippen LogP) is 4.36. The summed E-state index contributed by atoms with van der Waals surface area (Å²) in [5.74, 6) is 0.765. The molecule has 2 aromatic carbocycles. The van der Waals surface area contributed by atoms with Gasteiger partial charge in [-0.3, -0.25) is 4.79 Å². The zero-order valence-electron chi connectivity index (χ0n) is 11.0. The second kappa shape index (κ2) is 6.78. The van der Waals surface area contributed by atoms with Crippen molar-refractivity contribution < 1.29 is 9.53 Å². The lowest BCUT2D eigenvalue weighted by Crippen LogP contribution is -2.07. The normalized spacial score (nSPS) is 10.3. The van der Waals surface area contributed by atoms with Crippen molar-refractivity contribution in [1.29, 1.82) is 0 Å². The number of methoxy groups -OCH3 is 1. The average molecular weight is 309 g/mol. The van der Waals surface area contributed by atoms with E-state index in [1.165, 1.54) is 0 Å². The van der Waals surface area contributed by atoms with E-state index in [1.54, 1.807) is 37.4 Å². The third-order valence-electron chi connectivity index (χ3n) is 2.92. The molecule has 4 heteroatoms. The standard InChI is InChI=1S/C16H14Cl2O2/c1-20-16-6-5-14(18)9-12(16)10-15(19)8-11-3-2-4-13(17)7-11/h2-7,9H,8,10H2,1H3. The zero-order valence-corrected chi connectivity index (χ0v) is 12.5. The van der Waals surface area contributed by atoms with Crippen LogP contribution in [0.4, 0.5) is 0 Å². The van der Waals surface area contributed by atoms with Gasteiger partial charge < -0.3 is 4.74 Å². The molecule has 0 aliphatic rings. The lowest BCUT2D eigenvalue weighted by molar-refractivity contribution is -0.117. The molecule has 0 spiro atoms. The molecule has 0 atom stereocenters. The van der Waals surface area contributed by atoms with Crippen LogP contribution in [0.5, 0.6) is 5.75 Å².